The predicted octanol–water partition coefficient (Wildman–Crippen LogP) is 2.95. The van der Waals surface area contributed by atoms with Gasteiger partial charge in [-0.2, -0.15) is 0 Å². The number of nitrogens with zero attached hydrogens (tertiary/aromatic N) is 1. The lowest BCUT2D eigenvalue weighted by Gasteiger charge is -2.18. The molecule has 0 radical (unpaired) electrons. The third kappa shape index (κ3) is 5.95. The molecule has 0 aromatic heterocycles. The van der Waals surface area contributed by atoms with Crippen LogP contribution in [0, 0.1) is 0 Å². The Morgan fingerprint density at radius 3 is 2.63 bits per heavy atom. The minimum absolute atomic E-state index is 0.0812. The highest BCUT2D eigenvalue weighted by molar-refractivity contribution is 7.89. The van der Waals surface area contributed by atoms with E-state index in [4.69, 9.17) is 21.1 Å². The summed E-state index contributed by atoms with van der Waals surface area (Å²) in [7, 11) is -1.99. The Bertz CT molecular complexity index is 960. The first-order valence-corrected chi connectivity index (χ1v) is 11.6. The summed E-state index contributed by atoms with van der Waals surface area (Å²) < 4.78 is 38.4. The number of benzene rings is 2. The maximum absolute atomic E-state index is 12.6. The molecule has 1 amide bonds. The van der Waals surface area contributed by atoms with Crippen LogP contribution in [0.1, 0.15) is 23.2 Å². The summed E-state index contributed by atoms with van der Waals surface area (Å²) in [5.41, 5.74) is 0.397. The first kappa shape index (κ1) is 22.6. The van der Waals surface area contributed by atoms with Gasteiger partial charge < -0.3 is 14.4 Å². The molecule has 1 N–H and O–H groups in total. The first-order valence-electron chi connectivity index (χ1n) is 9.71. The van der Waals surface area contributed by atoms with E-state index in [-0.39, 0.29) is 30.1 Å². The van der Waals surface area contributed by atoms with Crippen LogP contribution in [0.4, 0.5) is 0 Å². The van der Waals surface area contributed by atoms with Gasteiger partial charge in [0.1, 0.15) is 12.4 Å². The lowest BCUT2D eigenvalue weighted by Crippen LogP contribution is -2.32. The number of hydrogen-bond donors (Lipinski definition) is 1. The third-order valence-electron chi connectivity index (χ3n) is 4.80. The lowest BCUT2D eigenvalue weighted by atomic mass is 10.2. The molecule has 0 saturated carbocycles. The molecule has 162 valence electrons. The summed E-state index contributed by atoms with van der Waals surface area (Å²) in [6.45, 7) is 1.55. The van der Waals surface area contributed by atoms with Crippen LogP contribution < -0.4 is 9.46 Å². The number of ether oxygens (including phenoxy) is 2. The number of carbonyl (C=O) groups is 1. The van der Waals surface area contributed by atoms with Crippen molar-refractivity contribution in [2.45, 2.75) is 23.8 Å². The van der Waals surface area contributed by atoms with E-state index in [1.165, 1.54) is 29.2 Å². The van der Waals surface area contributed by atoms with E-state index >= 15 is 0 Å². The van der Waals surface area contributed by atoms with Crippen molar-refractivity contribution in [3.63, 3.8) is 0 Å². The Kier molecular flexibility index (Phi) is 7.71. The van der Waals surface area contributed by atoms with E-state index in [1.54, 1.807) is 19.2 Å². The summed E-state index contributed by atoms with van der Waals surface area (Å²) in [5.74, 6) is 0.333. The van der Waals surface area contributed by atoms with Crippen LogP contribution in [-0.4, -0.2) is 58.7 Å². The molecule has 2 aromatic carbocycles. The van der Waals surface area contributed by atoms with Crippen LogP contribution in [0.3, 0.4) is 0 Å². The molecule has 9 heteroatoms. The summed E-state index contributed by atoms with van der Waals surface area (Å²) in [6.07, 6.45) is 1.71. The highest BCUT2D eigenvalue weighted by Crippen LogP contribution is 2.23. The van der Waals surface area contributed by atoms with Crippen LogP contribution >= 0.6 is 11.6 Å². The summed E-state index contributed by atoms with van der Waals surface area (Å²) in [5, 5.41) is 0.511. The van der Waals surface area contributed by atoms with Crippen molar-refractivity contribution in [2.75, 3.05) is 33.4 Å². The second-order valence-corrected chi connectivity index (χ2v) is 9.19. The minimum atomic E-state index is -3.65. The fourth-order valence-corrected chi connectivity index (χ4v) is 4.30. The molecule has 7 nitrogen and oxygen atoms in total. The Hall–Kier alpha value is -2.13. The predicted molar refractivity (Wildman–Crippen MR) is 115 cm³/mol. The van der Waals surface area contributed by atoms with Crippen LogP contribution in [-0.2, 0) is 14.8 Å². The molecule has 1 fully saturated rings. The molecule has 0 spiro atoms. The molecule has 1 heterocycles. The van der Waals surface area contributed by atoms with Gasteiger partial charge in [0.25, 0.3) is 5.91 Å². The van der Waals surface area contributed by atoms with Gasteiger partial charge in [-0.25, -0.2) is 13.1 Å². The highest BCUT2D eigenvalue weighted by atomic mass is 35.5. The van der Waals surface area contributed by atoms with Crippen LogP contribution in [0.5, 0.6) is 5.75 Å². The van der Waals surface area contributed by atoms with E-state index < -0.39 is 10.0 Å². The van der Waals surface area contributed by atoms with E-state index in [1.807, 2.05) is 12.1 Å². The van der Waals surface area contributed by atoms with Gasteiger partial charge in [-0.3, -0.25) is 4.79 Å². The number of para-hydroxylation sites is 1. The number of halogens is 1. The van der Waals surface area contributed by atoms with Crippen molar-refractivity contribution in [3.8, 4) is 5.75 Å². The van der Waals surface area contributed by atoms with Crippen molar-refractivity contribution in [3.05, 3.63) is 59.1 Å². The smallest absolute Gasteiger partial charge is 0.253 e. The zero-order valence-electron chi connectivity index (χ0n) is 16.7. The average molecular weight is 453 g/mol. The van der Waals surface area contributed by atoms with E-state index in [0.717, 1.165) is 12.8 Å². The van der Waals surface area contributed by atoms with Gasteiger partial charge in [0.2, 0.25) is 10.0 Å². The van der Waals surface area contributed by atoms with Crippen molar-refractivity contribution >= 4 is 27.5 Å². The molecular formula is C21H25ClN2O5S. The van der Waals surface area contributed by atoms with E-state index in [9.17, 15) is 13.2 Å². The van der Waals surface area contributed by atoms with Gasteiger partial charge in [0, 0.05) is 25.8 Å². The molecule has 0 aliphatic carbocycles. The number of amides is 1. The first-order chi connectivity index (χ1) is 14.4. The Labute approximate surface area is 182 Å². The summed E-state index contributed by atoms with van der Waals surface area (Å²) >= 11 is 6.04. The molecule has 3 rings (SSSR count). The Morgan fingerprint density at radius 1 is 1.23 bits per heavy atom. The standard InChI is InChI=1S/C21H25ClN2O5S/c1-24(12-14-29-20-7-3-2-6-19(20)22)21(25)16-8-10-18(11-9-16)30(26,27)23-15-17-5-4-13-28-17/h2-3,6-11,17,23H,4-5,12-15H2,1H3. The van der Waals surface area contributed by atoms with E-state index in [0.29, 0.717) is 29.5 Å². The van der Waals surface area contributed by atoms with Gasteiger partial charge in [0.15, 0.2) is 0 Å². The van der Waals surface area contributed by atoms with Gasteiger partial charge >= 0.3 is 0 Å². The summed E-state index contributed by atoms with van der Waals surface area (Å²) in [4.78, 5) is 14.2. The number of likely N-dealkylation sites (N-methyl/N-ethyl adjacent to an activating group) is 1. The number of nitrogens with one attached hydrogen (secondary N) is 1. The third-order valence-corrected chi connectivity index (χ3v) is 6.56. The number of hydrogen-bond acceptors (Lipinski definition) is 5. The average Bonchev–Trinajstić information content (AvgIpc) is 3.27. The molecule has 2 aromatic rings. The van der Waals surface area contributed by atoms with Crippen molar-refractivity contribution in [1.29, 1.82) is 0 Å². The maximum Gasteiger partial charge on any atom is 0.253 e. The van der Waals surface area contributed by atoms with Crippen molar-refractivity contribution in [2.24, 2.45) is 0 Å². The number of carbonyl (C=O) groups excluding carboxylic acids is 1. The summed E-state index contributed by atoms with van der Waals surface area (Å²) in [6, 6.07) is 13.0. The molecule has 1 aliphatic rings. The van der Waals surface area contributed by atoms with Crippen LogP contribution in [0.15, 0.2) is 53.4 Å². The van der Waals surface area contributed by atoms with Gasteiger partial charge in [-0.15, -0.1) is 0 Å². The maximum atomic E-state index is 12.6. The fourth-order valence-electron chi connectivity index (χ4n) is 3.04. The molecule has 1 aliphatic heterocycles. The van der Waals surface area contributed by atoms with Crippen LogP contribution in [0.25, 0.3) is 0 Å². The van der Waals surface area contributed by atoms with Crippen molar-refractivity contribution in [1.82, 2.24) is 9.62 Å². The topological polar surface area (TPSA) is 84.9 Å². The van der Waals surface area contributed by atoms with Crippen LogP contribution in [0.2, 0.25) is 5.02 Å². The molecular weight excluding hydrogens is 428 g/mol. The Morgan fingerprint density at radius 2 is 1.97 bits per heavy atom. The zero-order chi connectivity index (χ0) is 21.6. The molecule has 1 saturated heterocycles. The molecule has 1 atom stereocenters. The molecule has 30 heavy (non-hydrogen) atoms. The quantitative estimate of drug-likeness (QED) is 0.632. The molecule has 0 bridgehead atoms. The van der Waals surface area contributed by atoms with Crippen molar-refractivity contribution < 1.29 is 22.7 Å². The fraction of sp³-hybridized carbons (Fsp3) is 0.381. The van der Waals surface area contributed by atoms with Gasteiger partial charge in [0.05, 0.1) is 22.6 Å². The number of sulfonamides is 1. The molecule has 1 unspecified atom stereocenters. The zero-order valence-corrected chi connectivity index (χ0v) is 18.3. The monoisotopic (exact) mass is 452 g/mol. The van der Waals surface area contributed by atoms with Gasteiger partial charge in [-0.1, -0.05) is 23.7 Å². The van der Waals surface area contributed by atoms with E-state index in [2.05, 4.69) is 4.72 Å². The highest BCUT2D eigenvalue weighted by Gasteiger charge is 2.21. The largest absolute Gasteiger partial charge is 0.490 e. The Balaban J connectivity index is 1.52. The lowest BCUT2D eigenvalue weighted by molar-refractivity contribution is 0.0773. The second-order valence-electron chi connectivity index (χ2n) is 7.02. The number of rotatable bonds is 9. The normalized spacial score (nSPS) is 16.4. The van der Waals surface area contributed by atoms with Gasteiger partial charge in [-0.05, 0) is 49.2 Å². The minimum Gasteiger partial charge on any atom is -0.490 e. The second kappa shape index (κ2) is 10.3. The SMILES string of the molecule is CN(CCOc1ccccc1Cl)C(=O)c1ccc(S(=O)(=O)NCC2CCCO2)cc1.